The van der Waals surface area contributed by atoms with Crippen molar-refractivity contribution in [2.24, 2.45) is 5.92 Å². The van der Waals surface area contributed by atoms with Gasteiger partial charge >= 0.3 is 0 Å². The first-order valence-electron chi connectivity index (χ1n) is 10.1. The van der Waals surface area contributed by atoms with E-state index in [0.717, 1.165) is 44.3 Å². The Morgan fingerprint density at radius 2 is 1.46 bits per heavy atom. The molecule has 1 saturated carbocycles. The van der Waals surface area contributed by atoms with Crippen molar-refractivity contribution in [1.82, 2.24) is 9.80 Å². The summed E-state index contributed by atoms with van der Waals surface area (Å²) in [5.74, 6) is 0.167. The first-order valence-corrected chi connectivity index (χ1v) is 10.1. The van der Waals surface area contributed by atoms with E-state index < -0.39 is 0 Å². The molecule has 0 atom stereocenters. The summed E-state index contributed by atoms with van der Waals surface area (Å²) in [6.07, 6.45) is 7.06. The summed E-state index contributed by atoms with van der Waals surface area (Å²) in [7, 11) is 0. The number of rotatable bonds is 5. The van der Waals surface area contributed by atoms with Gasteiger partial charge in [-0.15, -0.1) is 24.8 Å². The van der Waals surface area contributed by atoms with E-state index in [-0.39, 0.29) is 36.5 Å². The Morgan fingerprint density at radius 3 is 2.18 bits per heavy atom. The van der Waals surface area contributed by atoms with Crippen LogP contribution in [0.15, 0.2) is 24.3 Å². The highest BCUT2D eigenvalue weighted by atomic mass is 35.5. The highest BCUT2D eigenvalue weighted by Crippen LogP contribution is 2.28. The molecule has 0 spiro atoms. The van der Waals surface area contributed by atoms with Crippen molar-refractivity contribution in [3.05, 3.63) is 29.8 Å². The predicted molar refractivity (Wildman–Crippen MR) is 117 cm³/mol. The lowest BCUT2D eigenvalue weighted by atomic mass is 9.89. The van der Waals surface area contributed by atoms with Crippen LogP contribution in [0.5, 0.6) is 0 Å². The van der Waals surface area contributed by atoms with Crippen LogP contribution in [0, 0.1) is 5.92 Å². The molecule has 156 valence electrons. The molecule has 2 aliphatic heterocycles. The molecule has 7 heteroatoms. The molecule has 2 fully saturated rings. The third kappa shape index (κ3) is 5.07. The van der Waals surface area contributed by atoms with E-state index >= 15 is 0 Å². The van der Waals surface area contributed by atoms with Gasteiger partial charge in [0.25, 0.3) is 11.7 Å². The molecule has 1 aliphatic carbocycles. The zero-order valence-electron chi connectivity index (χ0n) is 16.3. The molecule has 2 heterocycles. The van der Waals surface area contributed by atoms with Crippen LogP contribution in [-0.4, -0.2) is 67.3 Å². The number of piperazine rings is 1. The lowest BCUT2D eigenvalue weighted by Gasteiger charge is -2.37. The monoisotopic (exact) mass is 427 g/mol. The molecule has 0 aromatic heterocycles. The number of halogens is 2. The number of anilines is 1. The molecular formula is C21H31Cl2N3O2. The Morgan fingerprint density at radius 1 is 0.821 bits per heavy atom. The van der Waals surface area contributed by atoms with Crippen LogP contribution < -0.4 is 4.90 Å². The van der Waals surface area contributed by atoms with Gasteiger partial charge in [0.15, 0.2) is 0 Å². The quantitative estimate of drug-likeness (QED) is 0.676. The standard InChI is InChI=1S/C21H29N3O2.2ClH/c25-20-18-8-4-5-9-19(18)24(21(20)26)15-14-22-10-12-23(13-11-22)16-17-6-2-1-3-7-17;;/h4-5,8-9,17H,1-3,6-7,10-16H2;2*1H. The summed E-state index contributed by atoms with van der Waals surface area (Å²) in [5.41, 5.74) is 1.33. The number of nitrogens with zero attached hydrogens (tertiary/aromatic N) is 3. The molecule has 0 N–H and O–H groups in total. The molecule has 28 heavy (non-hydrogen) atoms. The van der Waals surface area contributed by atoms with E-state index in [1.165, 1.54) is 38.6 Å². The third-order valence-corrected chi connectivity index (χ3v) is 6.22. The fourth-order valence-corrected chi connectivity index (χ4v) is 4.64. The number of Topliss-reactive ketones (excluding diaryl/α,β-unsaturated/α-hetero) is 1. The second-order valence-electron chi connectivity index (χ2n) is 7.95. The maximum atomic E-state index is 12.3. The van der Waals surface area contributed by atoms with E-state index in [1.54, 1.807) is 11.0 Å². The van der Waals surface area contributed by atoms with Gasteiger partial charge in [-0.1, -0.05) is 31.4 Å². The van der Waals surface area contributed by atoms with Gasteiger partial charge in [-0.3, -0.25) is 14.5 Å². The number of para-hydroxylation sites is 1. The van der Waals surface area contributed by atoms with Crippen LogP contribution in [-0.2, 0) is 4.79 Å². The minimum atomic E-state index is -0.373. The predicted octanol–water partition coefficient (Wildman–Crippen LogP) is 3.26. The minimum Gasteiger partial charge on any atom is -0.303 e. The topological polar surface area (TPSA) is 43.9 Å². The second kappa shape index (κ2) is 10.6. The van der Waals surface area contributed by atoms with Crippen molar-refractivity contribution in [2.75, 3.05) is 50.7 Å². The summed E-state index contributed by atoms with van der Waals surface area (Å²) in [6.45, 7) is 7.07. The highest BCUT2D eigenvalue weighted by Gasteiger charge is 2.35. The molecule has 0 bridgehead atoms. The Balaban J connectivity index is 0.00000140. The first kappa shape index (κ1) is 23.1. The number of benzene rings is 1. The van der Waals surface area contributed by atoms with E-state index in [4.69, 9.17) is 0 Å². The van der Waals surface area contributed by atoms with Crippen LogP contribution >= 0.6 is 24.8 Å². The lowest BCUT2D eigenvalue weighted by Crippen LogP contribution is -2.50. The van der Waals surface area contributed by atoms with Crippen LogP contribution in [0.1, 0.15) is 42.5 Å². The molecule has 4 rings (SSSR count). The maximum absolute atomic E-state index is 12.3. The smallest absolute Gasteiger partial charge is 0.299 e. The number of hydrogen-bond donors (Lipinski definition) is 0. The fraction of sp³-hybridized carbons (Fsp3) is 0.619. The molecule has 5 nitrogen and oxygen atoms in total. The zero-order chi connectivity index (χ0) is 17.9. The summed E-state index contributed by atoms with van der Waals surface area (Å²) >= 11 is 0. The summed E-state index contributed by atoms with van der Waals surface area (Å²) in [5, 5.41) is 0. The van der Waals surface area contributed by atoms with Crippen molar-refractivity contribution in [3.63, 3.8) is 0 Å². The number of fused-ring (bicyclic) bond motifs is 1. The van der Waals surface area contributed by atoms with Crippen LogP contribution in [0.4, 0.5) is 5.69 Å². The third-order valence-electron chi connectivity index (χ3n) is 6.22. The van der Waals surface area contributed by atoms with Gasteiger partial charge in [0.1, 0.15) is 0 Å². The summed E-state index contributed by atoms with van der Waals surface area (Å²) in [6, 6.07) is 7.33. The first-order chi connectivity index (χ1) is 12.7. The number of ketones is 1. The molecule has 3 aliphatic rings. The van der Waals surface area contributed by atoms with Gasteiger partial charge < -0.3 is 9.80 Å². The minimum absolute atomic E-state index is 0. The Labute approximate surface area is 180 Å². The molecule has 1 amide bonds. The number of carbonyl (C=O) groups is 2. The van der Waals surface area contributed by atoms with Crippen LogP contribution in [0.3, 0.4) is 0 Å². The van der Waals surface area contributed by atoms with Crippen molar-refractivity contribution in [1.29, 1.82) is 0 Å². The van der Waals surface area contributed by atoms with E-state index in [1.807, 2.05) is 18.2 Å². The average molecular weight is 428 g/mol. The SMILES string of the molecule is Cl.Cl.O=C1C(=O)N(CCN2CCN(CC3CCCCC3)CC2)c2ccccc21. The van der Waals surface area contributed by atoms with Crippen molar-refractivity contribution in [3.8, 4) is 0 Å². The van der Waals surface area contributed by atoms with E-state index in [2.05, 4.69) is 9.80 Å². The van der Waals surface area contributed by atoms with Crippen molar-refractivity contribution in [2.45, 2.75) is 32.1 Å². The molecule has 0 unspecified atom stereocenters. The van der Waals surface area contributed by atoms with E-state index in [9.17, 15) is 9.59 Å². The summed E-state index contributed by atoms with van der Waals surface area (Å²) < 4.78 is 0. The Kier molecular flexibility index (Phi) is 8.75. The maximum Gasteiger partial charge on any atom is 0.299 e. The molecule has 1 aromatic carbocycles. The Bertz CT molecular complexity index is 671. The van der Waals surface area contributed by atoms with Crippen molar-refractivity contribution >= 4 is 42.2 Å². The Hall–Kier alpha value is -1.14. The summed E-state index contributed by atoms with van der Waals surface area (Å²) in [4.78, 5) is 31.0. The van der Waals surface area contributed by atoms with Gasteiger partial charge in [0, 0.05) is 45.8 Å². The zero-order valence-corrected chi connectivity index (χ0v) is 18.0. The lowest BCUT2D eigenvalue weighted by molar-refractivity contribution is -0.114. The molecule has 0 radical (unpaired) electrons. The molecule has 1 saturated heterocycles. The van der Waals surface area contributed by atoms with Gasteiger partial charge in [-0.05, 0) is 30.9 Å². The number of amides is 1. The number of carbonyl (C=O) groups excluding carboxylic acids is 2. The van der Waals surface area contributed by atoms with Crippen molar-refractivity contribution < 1.29 is 9.59 Å². The van der Waals surface area contributed by atoms with Gasteiger partial charge in [0.05, 0.1) is 11.3 Å². The number of hydrogen-bond acceptors (Lipinski definition) is 4. The highest BCUT2D eigenvalue weighted by molar-refractivity contribution is 6.52. The van der Waals surface area contributed by atoms with E-state index in [0.29, 0.717) is 12.1 Å². The van der Waals surface area contributed by atoms with Gasteiger partial charge in [0.2, 0.25) is 0 Å². The molecular weight excluding hydrogens is 397 g/mol. The average Bonchev–Trinajstić information content (AvgIpc) is 2.93. The van der Waals surface area contributed by atoms with Crippen LogP contribution in [0.2, 0.25) is 0 Å². The van der Waals surface area contributed by atoms with Gasteiger partial charge in [-0.25, -0.2) is 0 Å². The fourth-order valence-electron chi connectivity index (χ4n) is 4.64. The normalized spacial score (nSPS) is 21.2. The largest absolute Gasteiger partial charge is 0.303 e. The molecule has 1 aromatic rings. The second-order valence-corrected chi connectivity index (χ2v) is 7.95. The van der Waals surface area contributed by atoms with Crippen LogP contribution in [0.25, 0.3) is 0 Å². The van der Waals surface area contributed by atoms with Gasteiger partial charge in [-0.2, -0.15) is 0 Å².